The Morgan fingerprint density at radius 3 is 2.15 bits per heavy atom. The number of halogens is 4. The third kappa shape index (κ3) is 7.60. The van der Waals surface area contributed by atoms with Crippen molar-refractivity contribution in [1.29, 1.82) is 0 Å². The van der Waals surface area contributed by atoms with Crippen LogP contribution in [0.2, 0.25) is 0 Å². The van der Waals surface area contributed by atoms with E-state index in [9.17, 15) is 17.6 Å². The lowest BCUT2D eigenvalue weighted by Gasteiger charge is -2.09. The number of nitrogens with zero attached hydrogens (tertiary/aromatic N) is 2. The third-order valence-corrected chi connectivity index (χ3v) is 3.71. The van der Waals surface area contributed by atoms with Crippen molar-refractivity contribution in [2.75, 3.05) is 0 Å². The molecule has 0 atom stereocenters. The van der Waals surface area contributed by atoms with Gasteiger partial charge in [0.15, 0.2) is 11.6 Å². The largest absolute Gasteiger partial charge is 0.573 e. The molecule has 0 bridgehead atoms. The maximum absolute atomic E-state index is 13.6. The van der Waals surface area contributed by atoms with Crippen molar-refractivity contribution in [2.24, 2.45) is 10.2 Å². The molecule has 3 nitrogen and oxygen atoms in total. The molecule has 2 aromatic rings. The summed E-state index contributed by atoms with van der Waals surface area (Å²) < 4.78 is 53.4. The SMILES string of the molecule is CCCCCc1ccc(/C=N/N=C\c2ccc(OC(F)(F)F)c(F)c2)cc1. The number of hydrogen-bond acceptors (Lipinski definition) is 3. The molecule has 2 aromatic carbocycles. The van der Waals surface area contributed by atoms with Crippen molar-refractivity contribution < 1.29 is 22.3 Å². The van der Waals surface area contributed by atoms with E-state index >= 15 is 0 Å². The summed E-state index contributed by atoms with van der Waals surface area (Å²) in [6.07, 6.45) is 2.46. The van der Waals surface area contributed by atoms with Gasteiger partial charge in [-0.05, 0) is 47.7 Å². The predicted octanol–water partition coefficient (Wildman–Crippen LogP) is 5.91. The zero-order valence-electron chi connectivity index (χ0n) is 14.8. The van der Waals surface area contributed by atoms with Crippen LogP contribution in [0.25, 0.3) is 0 Å². The van der Waals surface area contributed by atoms with Gasteiger partial charge in [0.25, 0.3) is 0 Å². The lowest BCUT2D eigenvalue weighted by atomic mass is 10.1. The van der Waals surface area contributed by atoms with E-state index < -0.39 is 17.9 Å². The van der Waals surface area contributed by atoms with Crippen LogP contribution in [0.3, 0.4) is 0 Å². The molecule has 27 heavy (non-hydrogen) atoms. The van der Waals surface area contributed by atoms with Crippen LogP contribution in [0, 0.1) is 5.82 Å². The van der Waals surface area contributed by atoms with Crippen LogP contribution in [0.15, 0.2) is 52.7 Å². The van der Waals surface area contributed by atoms with E-state index in [4.69, 9.17) is 0 Å². The molecule has 0 aromatic heterocycles. The van der Waals surface area contributed by atoms with Crippen molar-refractivity contribution >= 4 is 12.4 Å². The molecule has 2 rings (SSSR count). The molecule has 0 radical (unpaired) electrons. The summed E-state index contributed by atoms with van der Waals surface area (Å²) in [7, 11) is 0. The molecular formula is C20H20F4N2O. The molecule has 0 heterocycles. The number of ether oxygens (including phenoxy) is 1. The second kappa shape index (κ2) is 9.85. The minimum Gasteiger partial charge on any atom is -0.403 e. The lowest BCUT2D eigenvalue weighted by molar-refractivity contribution is -0.275. The van der Waals surface area contributed by atoms with Crippen molar-refractivity contribution in [3.8, 4) is 5.75 Å². The summed E-state index contributed by atoms with van der Waals surface area (Å²) in [4.78, 5) is 0. The van der Waals surface area contributed by atoms with Gasteiger partial charge in [0, 0.05) is 0 Å². The topological polar surface area (TPSA) is 34.0 Å². The molecular weight excluding hydrogens is 360 g/mol. The van der Waals surface area contributed by atoms with Gasteiger partial charge in [-0.25, -0.2) is 4.39 Å². The molecule has 7 heteroatoms. The summed E-state index contributed by atoms with van der Waals surface area (Å²) in [6.45, 7) is 2.17. The fourth-order valence-electron chi connectivity index (χ4n) is 2.35. The zero-order chi connectivity index (χ0) is 19.7. The van der Waals surface area contributed by atoms with Crippen LogP contribution < -0.4 is 4.74 Å². The summed E-state index contributed by atoms with van der Waals surface area (Å²) in [5, 5.41) is 7.64. The zero-order valence-corrected chi connectivity index (χ0v) is 14.8. The van der Waals surface area contributed by atoms with Crippen LogP contribution in [-0.4, -0.2) is 18.8 Å². The first-order valence-electron chi connectivity index (χ1n) is 8.58. The molecule has 0 unspecified atom stereocenters. The Kier molecular flexibility index (Phi) is 7.52. The van der Waals surface area contributed by atoms with Gasteiger partial charge < -0.3 is 4.74 Å². The highest BCUT2D eigenvalue weighted by molar-refractivity contribution is 5.82. The van der Waals surface area contributed by atoms with E-state index in [1.165, 1.54) is 30.7 Å². The Hall–Kier alpha value is -2.70. The normalized spacial score (nSPS) is 12.2. The molecule has 0 aliphatic carbocycles. The van der Waals surface area contributed by atoms with Crippen molar-refractivity contribution in [1.82, 2.24) is 0 Å². The first kappa shape index (κ1) is 20.6. The highest BCUT2D eigenvalue weighted by Crippen LogP contribution is 2.25. The van der Waals surface area contributed by atoms with Gasteiger partial charge in [0.1, 0.15) is 0 Å². The highest BCUT2D eigenvalue weighted by atomic mass is 19.4. The third-order valence-electron chi connectivity index (χ3n) is 3.71. The molecule has 0 N–H and O–H groups in total. The number of hydrogen-bond donors (Lipinski definition) is 0. The first-order chi connectivity index (χ1) is 12.9. The van der Waals surface area contributed by atoms with Gasteiger partial charge in [-0.3, -0.25) is 0 Å². The van der Waals surface area contributed by atoms with E-state index in [1.54, 1.807) is 6.21 Å². The van der Waals surface area contributed by atoms with Crippen LogP contribution in [0.1, 0.15) is 42.9 Å². The van der Waals surface area contributed by atoms with Crippen LogP contribution >= 0.6 is 0 Å². The summed E-state index contributed by atoms with van der Waals surface area (Å²) in [5.74, 6) is -2.01. The lowest BCUT2D eigenvalue weighted by Crippen LogP contribution is -2.18. The summed E-state index contributed by atoms with van der Waals surface area (Å²) in [6, 6.07) is 11.0. The van der Waals surface area contributed by atoms with Gasteiger partial charge >= 0.3 is 6.36 Å². The van der Waals surface area contributed by atoms with E-state index in [1.807, 2.05) is 24.3 Å². The number of rotatable bonds is 8. The molecule has 0 aliphatic rings. The molecule has 0 saturated heterocycles. The monoisotopic (exact) mass is 380 g/mol. The average Bonchev–Trinajstić information content (AvgIpc) is 2.61. The minimum absolute atomic E-state index is 0.269. The standard InChI is InChI=1S/C20H20F4N2O/c1-2-3-4-5-15-6-8-16(9-7-15)13-25-26-14-17-10-11-19(18(21)12-17)27-20(22,23)24/h6-14H,2-5H2,1H3/b25-13+,26-14-. The second-order valence-electron chi connectivity index (χ2n) is 5.93. The quantitative estimate of drug-likeness (QED) is 0.243. The van der Waals surface area contributed by atoms with Crippen molar-refractivity contribution in [2.45, 2.75) is 39.0 Å². The molecule has 0 spiro atoms. The second-order valence-corrected chi connectivity index (χ2v) is 5.93. The summed E-state index contributed by atoms with van der Waals surface area (Å²) >= 11 is 0. The minimum atomic E-state index is -4.94. The Morgan fingerprint density at radius 1 is 0.926 bits per heavy atom. The van der Waals surface area contributed by atoms with Crippen LogP contribution in [0.4, 0.5) is 17.6 Å². The fourth-order valence-corrected chi connectivity index (χ4v) is 2.35. The predicted molar refractivity (Wildman–Crippen MR) is 97.9 cm³/mol. The Labute approximate surface area is 155 Å². The van der Waals surface area contributed by atoms with Gasteiger partial charge in [0.05, 0.1) is 12.4 Å². The first-order valence-corrected chi connectivity index (χ1v) is 8.58. The highest BCUT2D eigenvalue weighted by Gasteiger charge is 2.32. The number of alkyl halides is 3. The number of unbranched alkanes of at least 4 members (excludes halogenated alkanes) is 2. The smallest absolute Gasteiger partial charge is 0.403 e. The van der Waals surface area contributed by atoms with E-state index in [2.05, 4.69) is 21.9 Å². The van der Waals surface area contributed by atoms with Gasteiger partial charge in [0.2, 0.25) is 0 Å². The molecule has 144 valence electrons. The van der Waals surface area contributed by atoms with Crippen LogP contribution in [0.5, 0.6) is 5.75 Å². The summed E-state index contributed by atoms with van der Waals surface area (Å²) in [5.41, 5.74) is 2.40. The molecule has 0 fully saturated rings. The molecule has 0 aliphatic heterocycles. The fraction of sp³-hybridized carbons (Fsp3) is 0.300. The van der Waals surface area contributed by atoms with Crippen LogP contribution in [-0.2, 0) is 6.42 Å². The Balaban J connectivity index is 1.91. The van der Waals surface area contributed by atoms with Gasteiger partial charge in [-0.1, -0.05) is 44.0 Å². The average molecular weight is 380 g/mol. The maximum Gasteiger partial charge on any atom is 0.573 e. The van der Waals surface area contributed by atoms with Gasteiger partial charge in [-0.2, -0.15) is 10.2 Å². The Morgan fingerprint density at radius 2 is 1.56 bits per heavy atom. The van der Waals surface area contributed by atoms with Gasteiger partial charge in [-0.15, -0.1) is 13.2 Å². The molecule has 0 amide bonds. The van der Waals surface area contributed by atoms with E-state index in [0.717, 1.165) is 30.5 Å². The number of aryl methyl sites for hydroxylation is 1. The maximum atomic E-state index is 13.6. The number of benzene rings is 2. The van der Waals surface area contributed by atoms with E-state index in [0.29, 0.717) is 0 Å². The Bertz CT molecular complexity index is 784. The van der Waals surface area contributed by atoms with E-state index in [-0.39, 0.29) is 5.56 Å². The van der Waals surface area contributed by atoms with Crippen molar-refractivity contribution in [3.63, 3.8) is 0 Å². The van der Waals surface area contributed by atoms with Crippen molar-refractivity contribution in [3.05, 3.63) is 65.0 Å². The molecule has 0 saturated carbocycles.